The lowest BCUT2D eigenvalue weighted by atomic mass is 9.89. The third kappa shape index (κ3) is 3.68. The first-order valence-electron chi connectivity index (χ1n) is 5.95. The van der Waals surface area contributed by atoms with Crippen LogP contribution in [0.25, 0.3) is 0 Å². The maximum absolute atomic E-state index is 11.6. The number of carbonyl (C=O) groups excluding carboxylic acids is 3. The van der Waals surface area contributed by atoms with Crippen molar-refractivity contribution in [3.05, 3.63) is 12.2 Å². The highest BCUT2D eigenvalue weighted by molar-refractivity contribution is 5.94. The van der Waals surface area contributed by atoms with Crippen molar-refractivity contribution in [2.24, 2.45) is 5.41 Å². The summed E-state index contributed by atoms with van der Waals surface area (Å²) in [6.45, 7) is 5.67. The molecule has 0 N–H and O–H groups in total. The molecule has 1 rings (SSSR count). The van der Waals surface area contributed by atoms with E-state index in [9.17, 15) is 14.4 Å². The molecule has 1 aliphatic rings. The van der Waals surface area contributed by atoms with E-state index in [1.165, 1.54) is 0 Å². The maximum atomic E-state index is 11.6. The second kappa shape index (κ2) is 5.80. The van der Waals surface area contributed by atoms with Gasteiger partial charge in [0.05, 0.1) is 6.61 Å². The number of hydrogen-bond acceptors (Lipinski definition) is 5. The molecule has 1 fully saturated rings. The van der Waals surface area contributed by atoms with E-state index in [0.717, 1.165) is 12.2 Å². The molecule has 100 valence electrons. The van der Waals surface area contributed by atoms with Crippen LogP contribution in [0.3, 0.4) is 0 Å². The number of Topliss-reactive ketones (excluding diaryl/α,β-unsaturated/α-hetero) is 1. The second-order valence-electron chi connectivity index (χ2n) is 4.86. The van der Waals surface area contributed by atoms with Gasteiger partial charge in [-0.05, 0) is 13.3 Å². The van der Waals surface area contributed by atoms with Crippen molar-refractivity contribution in [3.8, 4) is 0 Å². The molecule has 5 heteroatoms. The van der Waals surface area contributed by atoms with E-state index in [2.05, 4.69) is 4.74 Å². The van der Waals surface area contributed by atoms with Crippen LogP contribution in [0.5, 0.6) is 0 Å². The second-order valence-corrected chi connectivity index (χ2v) is 4.86. The zero-order chi connectivity index (χ0) is 13.8. The Balaban J connectivity index is 2.55. The quantitative estimate of drug-likeness (QED) is 0.560. The Kier molecular flexibility index (Phi) is 4.64. The van der Waals surface area contributed by atoms with Gasteiger partial charge in [0.1, 0.15) is 0 Å². The number of esters is 2. The van der Waals surface area contributed by atoms with Gasteiger partial charge in [-0.2, -0.15) is 0 Å². The van der Waals surface area contributed by atoms with Gasteiger partial charge >= 0.3 is 11.9 Å². The van der Waals surface area contributed by atoms with Crippen molar-refractivity contribution in [1.29, 1.82) is 0 Å². The lowest BCUT2D eigenvalue weighted by Gasteiger charge is -2.24. The molecule has 1 aliphatic carbocycles. The predicted octanol–water partition coefficient (Wildman–Crippen LogP) is 1.41. The van der Waals surface area contributed by atoms with E-state index in [1.54, 1.807) is 6.92 Å². The van der Waals surface area contributed by atoms with Gasteiger partial charge in [-0.25, -0.2) is 9.59 Å². The molecule has 1 unspecified atom stereocenters. The van der Waals surface area contributed by atoms with Crippen LogP contribution in [0.15, 0.2) is 12.2 Å². The minimum absolute atomic E-state index is 0.0714. The Morgan fingerprint density at radius 1 is 1.33 bits per heavy atom. The first-order chi connectivity index (χ1) is 8.36. The monoisotopic (exact) mass is 254 g/mol. The SMILES string of the molecule is CCOC(=O)/C=C/C(=O)OC1C(=O)CCC1(C)C. The van der Waals surface area contributed by atoms with Crippen LogP contribution in [-0.4, -0.2) is 30.4 Å². The van der Waals surface area contributed by atoms with E-state index in [-0.39, 0.29) is 17.8 Å². The molecule has 1 atom stereocenters. The van der Waals surface area contributed by atoms with Gasteiger partial charge in [-0.3, -0.25) is 4.79 Å². The standard InChI is InChI=1S/C13H18O5/c1-4-17-10(15)5-6-11(16)18-12-9(14)7-8-13(12,2)3/h5-6,12H,4,7-8H2,1-3H3/b6-5+. The lowest BCUT2D eigenvalue weighted by molar-refractivity contribution is -0.153. The summed E-state index contributed by atoms with van der Waals surface area (Å²) >= 11 is 0. The summed E-state index contributed by atoms with van der Waals surface area (Å²) in [5, 5.41) is 0. The molecule has 5 nitrogen and oxygen atoms in total. The lowest BCUT2D eigenvalue weighted by Crippen LogP contribution is -2.33. The molecule has 0 aromatic carbocycles. The van der Waals surface area contributed by atoms with Crippen LogP contribution in [0.1, 0.15) is 33.6 Å². The van der Waals surface area contributed by atoms with Gasteiger partial charge < -0.3 is 9.47 Å². The highest BCUT2D eigenvalue weighted by Gasteiger charge is 2.43. The fraction of sp³-hybridized carbons (Fsp3) is 0.615. The smallest absolute Gasteiger partial charge is 0.331 e. The number of ketones is 1. The van der Waals surface area contributed by atoms with E-state index in [0.29, 0.717) is 12.8 Å². The summed E-state index contributed by atoms with van der Waals surface area (Å²) in [5.74, 6) is -1.37. The molecule has 0 heterocycles. The Bertz CT molecular complexity index is 381. The van der Waals surface area contributed by atoms with Gasteiger partial charge in [-0.1, -0.05) is 13.8 Å². The first kappa shape index (κ1) is 14.4. The van der Waals surface area contributed by atoms with Crippen molar-refractivity contribution < 1.29 is 23.9 Å². The fourth-order valence-electron chi connectivity index (χ4n) is 1.85. The number of carbonyl (C=O) groups is 3. The molecular weight excluding hydrogens is 236 g/mol. The minimum Gasteiger partial charge on any atom is -0.463 e. The predicted molar refractivity (Wildman–Crippen MR) is 63.7 cm³/mol. The van der Waals surface area contributed by atoms with Crippen molar-refractivity contribution >= 4 is 17.7 Å². The van der Waals surface area contributed by atoms with Gasteiger partial charge in [-0.15, -0.1) is 0 Å². The van der Waals surface area contributed by atoms with Crippen LogP contribution >= 0.6 is 0 Å². The van der Waals surface area contributed by atoms with Crippen molar-refractivity contribution in [1.82, 2.24) is 0 Å². The molecule has 0 aromatic rings. The summed E-state index contributed by atoms with van der Waals surface area (Å²) in [4.78, 5) is 34.0. The Hall–Kier alpha value is -1.65. The third-order valence-corrected chi connectivity index (χ3v) is 2.89. The van der Waals surface area contributed by atoms with Crippen molar-refractivity contribution in [2.75, 3.05) is 6.61 Å². The average Bonchev–Trinajstić information content (AvgIpc) is 2.54. The fourth-order valence-corrected chi connectivity index (χ4v) is 1.85. The molecule has 0 bridgehead atoms. The Morgan fingerprint density at radius 2 is 1.94 bits per heavy atom. The van der Waals surface area contributed by atoms with E-state index in [4.69, 9.17) is 4.74 Å². The normalized spacial score (nSPS) is 22.2. The summed E-state index contributed by atoms with van der Waals surface area (Å²) in [6, 6.07) is 0. The molecular formula is C13H18O5. The summed E-state index contributed by atoms with van der Waals surface area (Å²) < 4.78 is 9.71. The third-order valence-electron chi connectivity index (χ3n) is 2.89. The van der Waals surface area contributed by atoms with Crippen LogP contribution in [-0.2, 0) is 23.9 Å². The van der Waals surface area contributed by atoms with Crippen LogP contribution in [0, 0.1) is 5.41 Å². The number of rotatable bonds is 4. The molecule has 1 saturated carbocycles. The van der Waals surface area contributed by atoms with Gasteiger partial charge in [0, 0.05) is 24.0 Å². The molecule has 0 spiro atoms. The number of ether oxygens (including phenoxy) is 2. The maximum Gasteiger partial charge on any atom is 0.331 e. The Labute approximate surface area is 106 Å². The molecule has 0 aliphatic heterocycles. The summed E-state index contributed by atoms with van der Waals surface area (Å²) in [6.07, 6.45) is 2.38. The Morgan fingerprint density at radius 3 is 2.44 bits per heavy atom. The van der Waals surface area contributed by atoms with Crippen molar-refractivity contribution in [3.63, 3.8) is 0 Å². The molecule has 0 amide bonds. The highest BCUT2D eigenvalue weighted by atomic mass is 16.5. The first-order valence-corrected chi connectivity index (χ1v) is 5.95. The zero-order valence-corrected chi connectivity index (χ0v) is 10.9. The van der Waals surface area contributed by atoms with E-state index >= 15 is 0 Å². The van der Waals surface area contributed by atoms with Crippen LogP contribution in [0.2, 0.25) is 0 Å². The molecule has 0 saturated heterocycles. The summed E-state index contributed by atoms with van der Waals surface area (Å²) in [5.41, 5.74) is -0.343. The highest BCUT2D eigenvalue weighted by Crippen LogP contribution is 2.37. The zero-order valence-electron chi connectivity index (χ0n) is 10.9. The van der Waals surface area contributed by atoms with Crippen LogP contribution in [0.4, 0.5) is 0 Å². The minimum atomic E-state index is -0.725. The summed E-state index contributed by atoms with van der Waals surface area (Å²) in [7, 11) is 0. The van der Waals surface area contributed by atoms with E-state index in [1.807, 2.05) is 13.8 Å². The molecule has 18 heavy (non-hydrogen) atoms. The van der Waals surface area contributed by atoms with E-state index < -0.39 is 18.0 Å². The van der Waals surface area contributed by atoms with Gasteiger partial charge in [0.25, 0.3) is 0 Å². The van der Waals surface area contributed by atoms with Gasteiger partial charge in [0.15, 0.2) is 11.9 Å². The van der Waals surface area contributed by atoms with Crippen molar-refractivity contribution in [2.45, 2.75) is 39.7 Å². The number of hydrogen-bond donors (Lipinski definition) is 0. The average molecular weight is 254 g/mol. The van der Waals surface area contributed by atoms with Gasteiger partial charge in [0.2, 0.25) is 0 Å². The molecule has 0 radical (unpaired) electrons. The van der Waals surface area contributed by atoms with Crippen LogP contribution < -0.4 is 0 Å². The topological polar surface area (TPSA) is 69.7 Å². The largest absolute Gasteiger partial charge is 0.463 e. The molecule has 0 aromatic heterocycles.